The Morgan fingerprint density at radius 1 is 1.38 bits per heavy atom. The average Bonchev–Trinajstić information content (AvgIpc) is 2.89. The van der Waals surface area contributed by atoms with E-state index in [-0.39, 0.29) is 5.91 Å². The Labute approximate surface area is 94.4 Å². The number of fused-ring (bicyclic) bond motifs is 1. The van der Waals surface area contributed by atoms with Crippen molar-refractivity contribution in [2.45, 2.75) is 0 Å². The maximum atomic E-state index is 12.1. The maximum Gasteiger partial charge on any atom is 0.271 e. The molecule has 16 heavy (non-hydrogen) atoms. The van der Waals surface area contributed by atoms with Gasteiger partial charge in [0, 0.05) is 26.2 Å². The second-order valence-electron chi connectivity index (χ2n) is 4.92. The highest BCUT2D eigenvalue weighted by Crippen LogP contribution is 2.30. The van der Waals surface area contributed by atoms with E-state index in [4.69, 9.17) is 0 Å². The Hall–Kier alpha value is -1.36. The molecule has 2 atom stereocenters. The Bertz CT molecular complexity index is 375. The summed E-state index contributed by atoms with van der Waals surface area (Å²) in [6.07, 6.45) is 3.15. The van der Waals surface area contributed by atoms with Crippen LogP contribution in [0.2, 0.25) is 0 Å². The minimum Gasteiger partial charge on any atom is -0.341 e. The normalized spacial score (nSPS) is 29.7. The highest BCUT2D eigenvalue weighted by Gasteiger charge is 2.40. The molecule has 0 bridgehead atoms. The molecule has 1 aromatic heterocycles. The first-order valence-corrected chi connectivity index (χ1v) is 5.70. The highest BCUT2D eigenvalue weighted by molar-refractivity contribution is 5.92. The van der Waals surface area contributed by atoms with Crippen LogP contribution < -0.4 is 0 Å². The zero-order valence-electron chi connectivity index (χ0n) is 9.39. The van der Waals surface area contributed by atoms with Crippen LogP contribution in [0.4, 0.5) is 0 Å². The van der Waals surface area contributed by atoms with E-state index >= 15 is 0 Å². The van der Waals surface area contributed by atoms with Gasteiger partial charge in [0.05, 0.1) is 12.5 Å². The largest absolute Gasteiger partial charge is 0.341 e. The van der Waals surface area contributed by atoms with Gasteiger partial charge < -0.3 is 14.8 Å². The van der Waals surface area contributed by atoms with Crippen LogP contribution >= 0.6 is 0 Å². The molecule has 1 amide bonds. The molecule has 2 fully saturated rings. The van der Waals surface area contributed by atoms with Crippen molar-refractivity contribution in [3.63, 3.8) is 0 Å². The van der Waals surface area contributed by atoms with Crippen LogP contribution in [0.25, 0.3) is 0 Å². The molecule has 0 saturated carbocycles. The van der Waals surface area contributed by atoms with Gasteiger partial charge in [0.2, 0.25) is 0 Å². The van der Waals surface area contributed by atoms with Crippen LogP contribution in [0.3, 0.4) is 0 Å². The Morgan fingerprint density at radius 2 is 2.06 bits per heavy atom. The number of rotatable bonds is 1. The van der Waals surface area contributed by atoms with Gasteiger partial charge in [-0.15, -0.1) is 0 Å². The number of hydrogen-bond acceptors (Lipinski definition) is 3. The number of nitrogens with one attached hydrogen (secondary N) is 1. The zero-order valence-corrected chi connectivity index (χ0v) is 9.39. The first kappa shape index (κ1) is 9.84. The van der Waals surface area contributed by atoms with Crippen molar-refractivity contribution < 1.29 is 4.79 Å². The molecule has 0 radical (unpaired) electrons. The van der Waals surface area contributed by atoms with Gasteiger partial charge in [0.1, 0.15) is 5.69 Å². The van der Waals surface area contributed by atoms with Crippen molar-refractivity contribution in [2.75, 3.05) is 33.2 Å². The third-order valence-electron chi connectivity index (χ3n) is 3.68. The molecule has 0 aliphatic carbocycles. The third-order valence-corrected chi connectivity index (χ3v) is 3.68. The van der Waals surface area contributed by atoms with Gasteiger partial charge in [-0.2, -0.15) is 0 Å². The lowest BCUT2D eigenvalue weighted by Gasteiger charge is -2.18. The van der Waals surface area contributed by atoms with Crippen LogP contribution in [0.5, 0.6) is 0 Å². The van der Waals surface area contributed by atoms with E-state index < -0.39 is 0 Å². The quantitative estimate of drug-likeness (QED) is 0.727. The van der Waals surface area contributed by atoms with Crippen LogP contribution in [-0.2, 0) is 0 Å². The smallest absolute Gasteiger partial charge is 0.271 e. The number of aromatic nitrogens is 2. The molecule has 0 spiro atoms. The molecule has 0 aromatic carbocycles. The van der Waals surface area contributed by atoms with Crippen molar-refractivity contribution in [2.24, 2.45) is 11.8 Å². The van der Waals surface area contributed by atoms with Crippen molar-refractivity contribution in [3.05, 3.63) is 18.2 Å². The molecule has 5 heteroatoms. The molecule has 86 valence electrons. The van der Waals surface area contributed by atoms with Gasteiger partial charge in [-0.25, -0.2) is 4.98 Å². The van der Waals surface area contributed by atoms with Crippen molar-refractivity contribution >= 4 is 5.91 Å². The summed E-state index contributed by atoms with van der Waals surface area (Å²) in [6, 6.07) is 0. The lowest BCUT2D eigenvalue weighted by atomic mass is 10.0. The number of carbonyl (C=O) groups excluding carboxylic acids is 1. The van der Waals surface area contributed by atoms with Crippen molar-refractivity contribution in [1.82, 2.24) is 19.8 Å². The SMILES string of the molecule is CN1CC2CN(C(=O)c3cnc[nH]3)CC2C1. The lowest BCUT2D eigenvalue weighted by molar-refractivity contribution is 0.0770. The fourth-order valence-electron chi connectivity index (χ4n) is 2.94. The number of imidazole rings is 1. The Kier molecular flexibility index (Phi) is 2.21. The second-order valence-corrected chi connectivity index (χ2v) is 4.92. The van der Waals surface area contributed by atoms with E-state index in [9.17, 15) is 4.79 Å². The number of carbonyl (C=O) groups is 1. The zero-order chi connectivity index (χ0) is 11.1. The predicted molar refractivity (Wildman–Crippen MR) is 59.0 cm³/mol. The number of amides is 1. The fraction of sp³-hybridized carbons (Fsp3) is 0.636. The minimum atomic E-state index is 0.0922. The summed E-state index contributed by atoms with van der Waals surface area (Å²) in [5.41, 5.74) is 0.605. The van der Waals surface area contributed by atoms with Crippen molar-refractivity contribution in [1.29, 1.82) is 0 Å². The minimum absolute atomic E-state index is 0.0922. The summed E-state index contributed by atoms with van der Waals surface area (Å²) in [5, 5.41) is 0. The van der Waals surface area contributed by atoms with Gasteiger partial charge in [-0.3, -0.25) is 4.79 Å². The first-order chi connectivity index (χ1) is 7.74. The fourth-order valence-corrected chi connectivity index (χ4v) is 2.94. The third kappa shape index (κ3) is 1.51. The molecular formula is C11H16N4O. The van der Waals surface area contributed by atoms with E-state index in [1.165, 1.54) is 0 Å². The van der Waals surface area contributed by atoms with Gasteiger partial charge in [0.15, 0.2) is 0 Å². The highest BCUT2D eigenvalue weighted by atomic mass is 16.2. The standard InChI is InChI=1S/C11H16N4O/c1-14-3-8-5-15(6-9(8)4-14)11(16)10-2-12-7-13-10/h2,7-9H,3-6H2,1H3,(H,12,13). The maximum absolute atomic E-state index is 12.1. The molecule has 2 aliphatic rings. The topological polar surface area (TPSA) is 52.2 Å². The van der Waals surface area contributed by atoms with Gasteiger partial charge >= 0.3 is 0 Å². The summed E-state index contributed by atoms with van der Waals surface area (Å²) >= 11 is 0. The van der Waals surface area contributed by atoms with Gasteiger partial charge in [-0.05, 0) is 18.9 Å². The molecular weight excluding hydrogens is 204 g/mol. The summed E-state index contributed by atoms with van der Waals surface area (Å²) in [7, 11) is 2.15. The number of hydrogen-bond donors (Lipinski definition) is 1. The molecule has 1 N–H and O–H groups in total. The molecule has 1 aromatic rings. The molecule has 2 saturated heterocycles. The van der Waals surface area contributed by atoms with Gasteiger partial charge in [-0.1, -0.05) is 0 Å². The number of likely N-dealkylation sites (tertiary alicyclic amines) is 2. The van der Waals surface area contributed by atoms with Crippen LogP contribution in [0.1, 0.15) is 10.5 Å². The Morgan fingerprint density at radius 3 is 2.62 bits per heavy atom. The monoisotopic (exact) mass is 220 g/mol. The number of H-pyrrole nitrogens is 1. The average molecular weight is 220 g/mol. The summed E-state index contributed by atoms with van der Waals surface area (Å²) in [5.74, 6) is 1.42. The van der Waals surface area contributed by atoms with E-state index in [1.807, 2.05) is 4.90 Å². The molecule has 3 heterocycles. The molecule has 2 aliphatic heterocycles. The predicted octanol–water partition coefficient (Wildman–Crippen LogP) is 0.0433. The number of aromatic amines is 1. The summed E-state index contributed by atoms with van der Waals surface area (Å²) in [6.45, 7) is 4.04. The van der Waals surface area contributed by atoms with Crippen molar-refractivity contribution in [3.8, 4) is 0 Å². The summed E-state index contributed by atoms with van der Waals surface area (Å²) < 4.78 is 0. The van der Waals surface area contributed by atoms with E-state index in [0.717, 1.165) is 26.2 Å². The molecule has 5 nitrogen and oxygen atoms in total. The van der Waals surface area contributed by atoms with Crippen LogP contribution in [0.15, 0.2) is 12.5 Å². The van der Waals surface area contributed by atoms with Crippen LogP contribution in [0, 0.1) is 11.8 Å². The summed E-state index contributed by atoms with van der Waals surface area (Å²) in [4.78, 5) is 23.1. The molecule has 2 unspecified atom stereocenters. The van der Waals surface area contributed by atoms with E-state index in [1.54, 1.807) is 12.5 Å². The second kappa shape index (κ2) is 3.59. The van der Waals surface area contributed by atoms with E-state index in [2.05, 4.69) is 21.9 Å². The molecule has 3 rings (SSSR count). The van der Waals surface area contributed by atoms with Crippen LogP contribution in [-0.4, -0.2) is 58.9 Å². The lowest BCUT2D eigenvalue weighted by Crippen LogP contribution is -2.32. The number of nitrogens with zero attached hydrogens (tertiary/aromatic N) is 3. The first-order valence-electron chi connectivity index (χ1n) is 5.70. The van der Waals surface area contributed by atoms with Gasteiger partial charge in [0.25, 0.3) is 5.91 Å². The Balaban J connectivity index is 1.69. The van der Waals surface area contributed by atoms with E-state index in [0.29, 0.717) is 17.5 Å².